The molecule has 3 aromatic carbocycles. The number of hydrogen-bond acceptors (Lipinski definition) is 3. The van der Waals surface area contributed by atoms with E-state index in [0.29, 0.717) is 26.1 Å². The third-order valence-corrected chi connectivity index (χ3v) is 6.19. The van der Waals surface area contributed by atoms with Gasteiger partial charge in [0.1, 0.15) is 0 Å². The molecule has 170 valence electrons. The van der Waals surface area contributed by atoms with Gasteiger partial charge in [-0.2, -0.15) is 4.58 Å². The second kappa shape index (κ2) is 10.6. The Kier molecular flexibility index (Phi) is 7.33. The summed E-state index contributed by atoms with van der Waals surface area (Å²) in [6.07, 6.45) is 2.28. The van der Waals surface area contributed by atoms with E-state index in [1.54, 1.807) is 0 Å². The maximum Gasteiger partial charge on any atom is 0.311 e. The van der Waals surface area contributed by atoms with Gasteiger partial charge in [0.15, 0.2) is 6.54 Å². The van der Waals surface area contributed by atoms with E-state index in [2.05, 4.69) is 71.4 Å². The van der Waals surface area contributed by atoms with Crippen molar-refractivity contribution in [3.63, 3.8) is 0 Å². The third kappa shape index (κ3) is 5.56. The van der Waals surface area contributed by atoms with Gasteiger partial charge >= 0.3 is 5.91 Å². The molecule has 4 rings (SSSR count). The van der Waals surface area contributed by atoms with Gasteiger partial charge in [0.25, 0.3) is 5.71 Å². The van der Waals surface area contributed by atoms with Crippen molar-refractivity contribution >= 4 is 17.3 Å². The monoisotopic (exact) mass is 441 g/mol. The molecular weight excluding hydrogens is 408 g/mol. The molecule has 5 heteroatoms. The van der Waals surface area contributed by atoms with Crippen molar-refractivity contribution in [3.05, 3.63) is 89.5 Å². The summed E-state index contributed by atoms with van der Waals surface area (Å²) >= 11 is 0. The molecule has 1 aliphatic heterocycles. The van der Waals surface area contributed by atoms with Crippen LogP contribution in [0.3, 0.4) is 0 Å². The molecule has 3 aromatic rings. The smallest absolute Gasteiger partial charge is 0.311 e. The lowest BCUT2D eigenvalue weighted by atomic mass is 10.0. The van der Waals surface area contributed by atoms with Gasteiger partial charge in [-0.05, 0) is 37.4 Å². The van der Waals surface area contributed by atoms with Crippen LogP contribution in [0.25, 0.3) is 11.1 Å². The summed E-state index contributed by atoms with van der Waals surface area (Å²) in [4.78, 5) is 13.2. The molecule has 1 atom stereocenters. The topological polar surface area (TPSA) is 84.1 Å². The molecule has 0 saturated heterocycles. The van der Waals surface area contributed by atoms with Gasteiger partial charge in [-0.25, -0.2) is 0 Å². The first-order valence-electron chi connectivity index (χ1n) is 11.7. The molecule has 0 aliphatic carbocycles. The Morgan fingerprint density at radius 3 is 2.48 bits per heavy atom. The lowest BCUT2D eigenvalue weighted by Gasteiger charge is -2.11. The van der Waals surface area contributed by atoms with E-state index in [0.717, 1.165) is 35.4 Å². The average Bonchev–Trinajstić information content (AvgIpc) is 3.20. The zero-order valence-electron chi connectivity index (χ0n) is 19.3. The van der Waals surface area contributed by atoms with Crippen LogP contribution in [0.2, 0.25) is 0 Å². The molecule has 0 aromatic heterocycles. The number of fused-ring (bicyclic) bond motifs is 1. The number of nitrogens with zero attached hydrogens (tertiary/aromatic N) is 1. The second-order valence-corrected chi connectivity index (χ2v) is 8.81. The Morgan fingerprint density at radius 2 is 1.76 bits per heavy atom. The van der Waals surface area contributed by atoms with E-state index in [1.165, 1.54) is 16.7 Å². The van der Waals surface area contributed by atoms with E-state index in [9.17, 15) is 4.79 Å². The number of nitrogens with one attached hydrogen (secondary N) is 1. The number of carbonyl (C=O) groups excluding carboxylic acids is 1. The van der Waals surface area contributed by atoms with Crippen molar-refractivity contribution in [2.75, 3.05) is 13.1 Å². The third-order valence-electron chi connectivity index (χ3n) is 6.19. The van der Waals surface area contributed by atoms with Crippen LogP contribution in [-0.2, 0) is 17.8 Å². The minimum Gasteiger partial charge on any atom is -0.346 e. The highest BCUT2D eigenvalue weighted by atomic mass is 16.1. The van der Waals surface area contributed by atoms with E-state index in [4.69, 9.17) is 11.5 Å². The molecule has 0 bridgehead atoms. The van der Waals surface area contributed by atoms with Gasteiger partial charge in [-0.1, -0.05) is 72.3 Å². The van der Waals surface area contributed by atoms with Crippen molar-refractivity contribution in [1.82, 2.24) is 5.32 Å². The molecule has 0 fully saturated rings. The Hall–Kier alpha value is -3.28. The van der Waals surface area contributed by atoms with Crippen LogP contribution in [0.1, 0.15) is 29.5 Å². The first-order chi connectivity index (χ1) is 16.0. The summed E-state index contributed by atoms with van der Waals surface area (Å²) in [5.74, 6) is -0.0535. The fraction of sp³-hybridized carbons (Fsp3) is 0.286. The number of carbonyl (C=O) groups is 1. The van der Waals surface area contributed by atoms with Gasteiger partial charge < -0.3 is 16.8 Å². The molecule has 1 aliphatic rings. The summed E-state index contributed by atoms with van der Waals surface area (Å²) < 4.78 is 2.16. The molecule has 1 heterocycles. The van der Waals surface area contributed by atoms with Crippen LogP contribution in [-0.4, -0.2) is 35.3 Å². The Bertz CT molecular complexity index is 1140. The second-order valence-electron chi connectivity index (χ2n) is 8.81. The SMILES string of the molecule is Cc1ccc(-c2ccc3c(c2)[N+](Cc2ccccc2)=C(C(=O)NC[C@@H](N)CCCN)C3)cc1. The van der Waals surface area contributed by atoms with E-state index in [1.807, 2.05) is 18.2 Å². The molecule has 0 saturated carbocycles. The zero-order chi connectivity index (χ0) is 23.2. The van der Waals surface area contributed by atoms with E-state index < -0.39 is 0 Å². The summed E-state index contributed by atoms with van der Waals surface area (Å²) in [6.45, 7) is 3.80. The predicted molar refractivity (Wildman–Crippen MR) is 135 cm³/mol. The van der Waals surface area contributed by atoms with Crippen LogP contribution < -0.4 is 16.8 Å². The summed E-state index contributed by atoms with van der Waals surface area (Å²) in [5, 5.41) is 3.05. The molecule has 33 heavy (non-hydrogen) atoms. The molecule has 0 radical (unpaired) electrons. The molecule has 0 unspecified atom stereocenters. The largest absolute Gasteiger partial charge is 0.346 e. The van der Waals surface area contributed by atoms with Crippen LogP contribution in [0.5, 0.6) is 0 Å². The average molecular weight is 442 g/mol. The molecular formula is C28H33N4O+. The van der Waals surface area contributed by atoms with Crippen LogP contribution in [0.15, 0.2) is 72.8 Å². The quantitative estimate of drug-likeness (QED) is 0.443. The predicted octanol–water partition coefficient (Wildman–Crippen LogP) is 3.69. The summed E-state index contributed by atoms with van der Waals surface area (Å²) in [7, 11) is 0. The van der Waals surface area contributed by atoms with Crippen LogP contribution in [0.4, 0.5) is 5.69 Å². The maximum atomic E-state index is 13.2. The minimum atomic E-state index is -0.0856. The van der Waals surface area contributed by atoms with Crippen LogP contribution >= 0.6 is 0 Å². The zero-order valence-corrected chi connectivity index (χ0v) is 19.3. The van der Waals surface area contributed by atoms with Crippen molar-refractivity contribution in [3.8, 4) is 11.1 Å². The maximum absolute atomic E-state index is 13.2. The Labute approximate surface area is 196 Å². The van der Waals surface area contributed by atoms with Crippen molar-refractivity contribution in [2.45, 2.75) is 38.8 Å². The van der Waals surface area contributed by atoms with Crippen molar-refractivity contribution in [2.24, 2.45) is 11.5 Å². The van der Waals surface area contributed by atoms with Gasteiger partial charge in [0.05, 0.1) is 6.42 Å². The summed E-state index contributed by atoms with van der Waals surface area (Å²) in [6, 6.07) is 25.2. The molecule has 5 N–H and O–H groups in total. The number of rotatable bonds is 9. The highest BCUT2D eigenvalue weighted by Crippen LogP contribution is 2.33. The number of benzene rings is 3. The summed E-state index contributed by atoms with van der Waals surface area (Å²) in [5.41, 5.74) is 19.5. The lowest BCUT2D eigenvalue weighted by Crippen LogP contribution is -2.42. The molecule has 5 nitrogen and oxygen atoms in total. The first-order valence-corrected chi connectivity index (χ1v) is 11.7. The van der Waals surface area contributed by atoms with Gasteiger partial charge in [0.2, 0.25) is 5.69 Å². The normalized spacial score (nSPS) is 13.7. The fourth-order valence-electron chi connectivity index (χ4n) is 4.27. The van der Waals surface area contributed by atoms with Gasteiger partial charge in [-0.15, -0.1) is 0 Å². The Balaban J connectivity index is 1.64. The fourth-order valence-corrected chi connectivity index (χ4v) is 4.27. The van der Waals surface area contributed by atoms with Gasteiger partial charge in [0, 0.05) is 29.8 Å². The number of hydrogen-bond donors (Lipinski definition) is 3. The van der Waals surface area contributed by atoms with Crippen LogP contribution in [0, 0.1) is 6.92 Å². The van der Waals surface area contributed by atoms with Crippen molar-refractivity contribution in [1.29, 1.82) is 0 Å². The number of amides is 1. The lowest BCUT2D eigenvalue weighted by molar-refractivity contribution is -0.454. The first kappa shape index (κ1) is 22.9. The van der Waals surface area contributed by atoms with E-state index in [-0.39, 0.29) is 11.9 Å². The number of nitrogens with two attached hydrogens (primary N) is 2. The van der Waals surface area contributed by atoms with E-state index >= 15 is 0 Å². The standard InChI is InChI=1S/C28H32N4O/c1-20-9-11-22(12-10-20)23-13-14-24-17-27(28(33)31-18-25(30)8-5-15-29)32(26(24)16-23)19-21-6-3-2-4-7-21/h2-4,6-7,9-14,16,25H,5,8,15,17-19,29-30H2,1H3/p+1/t25-/m0/s1. The highest BCUT2D eigenvalue weighted by Gasteiger charge is 2.35. The van der Waals surface area contributed by atoms with Gasteiger partial charge in [-0.3, -0.25) is 4.79 Å². The Morgan fingerprint density at radius 1 is 1.03 bits per heavy atom. The minimum absolute atomic E-state index is 0.0535. The molecule has 0 spiro atoms. The number of aryl methyl sites for hydroxylation is 1. The highest BCUT2D eigenvalue weighted by molar-refractivity contribution is 6.38. The molecule has 1 amide bonds. The van der Waals surface area contributed by atoms with Crippen molar-refractivity contribution < 1.29 is 9.37 Å².